The van der Waals surface area contributed by atoms with Crippen LogP contribution in [0, 0.1) is 35.5 Å². The summed E-state index contributed by atoms with van der Waals surface area (Å²) in [5, 5.41) is 28.5. The highest BCUT2D eigenvalue weighted by molar-refractivity contribution is 5.98. The van der Waals surface area contributed by atoms with Crippen LogP contribution in [0.1, 0.15) is 192 Å². The fraction of sp³-hybridized carbons (Fsp3) is 0.811. The molecule has 9 atom stereocenters. The Morgan fingerprint density at radius 3 is 1.40 bits per heavy atom. The average Bonchev–Trinajstić information content (AvgIpc) is 3.27. The fourth-order valence-corrected chi connectivity index (χ4v) is 8.55. The van der Waals surface area contributed by atoms with Crippen molar-refractivity contribution >= 4 is 59.2 Å². The van der Waals surface area contributed by atoms with Gasteiger partial charge in [-0.3, -0.25) is 43.2 Å². The zero-order valence-electron chi connectivity index (χ0n) is 46.1. The number of hydrogen-bond acceptors (Lipinski definition) is 11. The molecule has 0 radical (unpaired) electrons. The molecule has 20 nitrogen and oxygen atoms in total. The molecule has 10 N–H and O–H groups in total. The standard InChI is InChI=1S/C53H94N8O12/c1-13-35(12)46-53(72)73-36(22-20-18-16-14-15-17-19-21-30(2)3)28-43(63)55-37(23-24-42(54)62)47(66)56-38(25-31(4)5)48(67)57-39(26-32(6)7)50(69)60-45(34(10)11)52(71)59-41(29-44(64)65)49(68)58-40(27-33(8)9)51(70)61-46/h30-41,45-46H,13-29H2,1-12H3,(H2,54,62)(H,55,63)(H,56,66)(H,57,67)(H,58,68)(H,59,71)(H,60,69)(H,61,70)(H,64,65)/t35-,36+,37-,38-,39+,40+,41-,45-,46+/m0/s1. The summed E-state index contributed by atoms with van der Waals surface area (Å²) in [5.41, 5.74) is 5.49. The molecule has 20 heteroatoms. The van der Waals surface area contributed by atoms with E-state index in [9.17, 15) is 53.1 Å². The topological polar surface area (TPSA) is 310 Å². The lowest BCUT2D eigenvalue weighted by atomic mass is 9.97. The number of carbonyl (C=O) groups excluding carboxylic acids is 9. The fourth-order valence-electron chi connectivity index (χ4n) is 8.55. The normalized spacial score (nSPS) is 24.4. The molecule has 1 rings (SSSR count). The molecule has 8 amide bonds. The predicted octanol–water partition coefficient (Wildman–Crippen LogP) is 4.44. The van der Waals surface area contributed by atoms with Crippen LogP contribution in [-0.2, 0) is 52.7 Å². The van der Waals surface area contributed by atoms with E-state index >= 15 is 0 Å². The van der Waals surface area contributed by atoms with Gasteiger partial charge in [-0.25, -0.2) is 4.79 Å². The molecule has 0 saturated carbocycles. The molecule has 1 saturated heterocycles. The molecule has 1 aliphatic rings. The summed E-state index contributed by atoms with van der Waals surface area (Å²) >= 11 is 0. The van der Waals surface area contributed by atoms with Gasteiger partial charge in [0.15, 0.2) is 0 Å². The third kappa shape index (κ3) is 27.0. The first-order valence-corrected chi connectivity index (χ1v) is 27.0. The summed E-state index contributed by atoms with van der Waals surface area (Å²) in [5.74, 6) is -9.76. The highest BCUT2D eigenvalue weighted by Crippen LogP contribution is 2.20. The molecule has 1 aliphatic heterocycles. The van der Waals surface area contributed by atoms with E-state index in [2.05, 4.69) is 51.1 Å². The minimum absolute atomic E-state index is 0.0459. The number of carbonyl (C=O) groups is 10. The van der Waals surface area contributed by atoms with Gasteiger partial charge in [-0.1, -0.05) is 134 Å². The Labute approximate surface area is 434 Å². The first-order chi connectivity index (χ1) is 34.1. The predicted molar refractivity (Wildman–Crippen MR) is 278 cm³/mol. The second-order valence-corrected chi connectivity index (χ2v) is 22.2. The third-order valence-electron chi connectivity index (χ3n) is 12.9. The number of primary amides is 1. The van der Waals surface area contributed by atoms with Crippen LogP contribution in [0.25, 0.3) is 0 Å². The maximum absolute atomic E-state index is 14.3. The lowest BCUT2D eigenvalue weighted by Gasteiger charge is -2.30. The second-order valence-electron chi connectivity index (χ2n) is 22.2. The van der Waals surface area contributed by atoms with E-state index in [4.69, 9.17) is 10.5 Å². The first kappa shape index (κ1) is 65.7. The number of nitrogens with two attached hydrogens (primary N) is 1. The number of unbranched alkanes of at least 4 members (excludes halogenated alkanes) is 6. The zero-order valence-corrected chi connectivity index (χ0v) is 46.1. The van der Waals surface area contributed by atoms with Crippen molar-refractivity contribution in [1.29, 1.82) is 0 Å². The number of cyclic esters (lactones) is 1. The third-order valence-corrected chi connectivity index (χ3v) is 12.9. The Bertz CT molecular complexity index is 1810. The van der Waals surface area contributed by atoms with E-state index < -0.39 is 132 Å². The quantitative estimate of drug-likeness (QED) is 0.0479. The molecule has 0 aromatic heterocycles. The van der Waals surface area contributed by atoms with Crippen molar-refractivity contribution in [2.75, 3.05) is 0 Å². The van der Waals surface area contributed by atoms with E-state index in [0.717, 1.165) is 38.5 Å². The van der Waals surface area contributed by atoms with Gasteiger partial charge in [-0.05, 0) is 74.0 Å². The number of rotatable bonds is 24. The van der Waals surface area contributed by atoms with Crippen LogP contribution in [0.3, 0.4) is 0 Å². The van der Waals surface area contributed by atoms with Crippen LogP contribution in [0.15, 0.2) is 0 Å². The highest BCUT2D eigenvalue weighted by atomic mass is 16.5. The number of carboxylic acid groups (broad SMARTS) is 1. The highest BCUT2D eigenvalue weighted by Gasteiger charge is 2.38. The Kier molecular flexibility index (Phi) is 30.8. The number of nitrogens with one attached hydrogen (secondary N) is 7. The molecule has 1 fully saturated rings. The first-order valence-electron chi connectivity index (χ1n) is 27.0. The van der Waals surface area contributed by atoms with Crippen LogP contribution in [0.5, 0.6) is 0 Å². The molecular formula is C53H94N8O12. The number of aliphatic carboxylic acids is 1. The van der Waals surface area contributed by atoms with E-state index in [1.54, 1.807) is 34.6 Å². The summed E-state index contributed by atoms with van der Waals surface area (Å²) in [6.07, 6.45) is 5.88. The molecule has 73 heavy (non-hydrogen) atoms. The monoisotopic (exact) mass is 1030 g/mol. The Morgan fingerprint density at radius 1 is 0.534 bits per heavy atom. The van der Waals surface area contributed by atoms with Crippen LogP contribution < -0.4 is 43.0 Å². The minimum atomic E-state index is -1.72. The van der Waals surface area contributed by atoms with Crippen molar-refractivity contribution in [1.82, 2.24) is 37.2 Å². The van der Waals surface area contributed by atoms with Crippen LogP contribution in [0.4, 0.5) is 0 Å². The van der Waals surface area contributed by atoms with Gasteiger partial charge < -0.3 is 52.8 Å². The summed E-state index contributed by atoms with van der Waals surface area (Å²) < 4.78 is 6.08. The lowest BCUT2D eigenvalue weighted by molar-refractivity contribution is -0.156. The maximum Gasteiger partial charge on any atom is 0.329 e. The number of carboxylic acids is 1. The van der Waals surface area contributed by atoms with Crippen LogP contribution >= 0.6 is 0 Å². The summed E-state index contributed by atoms with van der Waals surface area (Å²) in [7, 11) is 0. The van der Waals surface area contributed by atoms with Crippen LogP contribution in [0.2, 0.25) is 0 Å². The van der Waals surface area contributed by atoms with E-state index in [1.807, 2.05) is 34.6 Å². The number of amides is 8. The summed E-state index contributed by atoms with van der Waals surface area (Å²) in [6.45, 7) is 22.0. The minimum Gasteiger partial charge on any atom is -0.481 e. The van der Waals surface area contributed by atoms with Gasteiger partial charge in [0, 0.05) is 6.42 Å². The molecule has 418 valence electrons. The smallest absolute Gasteiger partial charge is 0.329 e. The van der Waals surface area contributed by atoms with Gasteiger partial charge in [-0.2, -0.15) is 0 Å². The summed E-state index contributed by atoms with van der Waals surface area (Å²) in [6, 6.07) is -9.49. The van der Waals surface area contributed by atoms with Gasteiger partial charge in [-0.15, -0.1) is 0 Å². The van der Waals surface area contributed by atoms with Gasteiger partial charge in [0.2, 0.25) is 47.3 Å². The van der Waals surface area contributed by atoms with Gasteiger partial charge in [0.25, 0.3) is 0 Å². The summed E-state index contributed by atoms with van der Waals surface area (Å²) in [4.78, 5) is 137. The van der Waals surface area contributed by atoms with Gasteiger partial charge >= 0.3 is 11.9 Å². The number of hydrogen-bond donors (Lipinski definition) is 9. The molecule has 0 aromatic rings. The van der Waals surface area contributed by atoms with Crippen molar-refractivity contribution in [3.8, 4) is 0 Å². The van der Waals surface area contributed by atoms with Crippen molar-refractivity contribution in [3.05, 3.63) is 0 Å². The largest absolute Gasteiger partial charge is 0.481 e. The van der Waals surface area contributed by atoms with E-state index in [0.29, 0.717) is 18.8 Å². The Morgan fingerprint density at radius 2 is 0.959 bits per heavy atom. The molecular weight excluding hydrogens is 941 g/mol. The van der Waals surface area contributed by atoms with Gasteiger partial charge in [0.1, 0.15) is 48.4 Å². The molecule has 0 aliphatic carbocycles. The molecule has 0 spiro atoms. The lowest BCUT2D eigenvalue weighted by Crippen LogP contribution is -2.61. The van der Waals surface area contributed by atoms with E-state index in [-0.39, 0.29) is 56.3 Å². The van der Waals surface area contributed by atoms with Crippen molar-refractivity contribution in [2.24, 2.45) is 41.2 Å². The number of esters is 1. The second kappa shape index (κ2) is 34.2. The average molecular weight is 1040 g/mol. The molecule has 0 aromatic carbocycles. The van der Waals surface area contributed by atoms with E-state index in [1.165, 1.54) is 6.42 Å². The number of ether oxygens (including phenoxy) is 1. The Hall–Kier alpha value is -5.30. The van der Waals surface area contributed by atoms with Crippen molar-refractivity contribution in [3.63, 3.8) is 0 Å². The SMILES string of the molecule is CC[C@H](C)[C@H]1NC(=O)[C@@H](CC(C)C)NC(=O)[C@H](CC(=O)O)NC(=O)[C@H](C(C)C)NC(=O)[C@@H](CC(C)C)NC(=O)[C@H](CC(C)C)NC(=O)[C@H](CCC(N)=O)NC(=O)C[C@@H](CCCCCCCCCC(C)C)OC1=O. The van der Waals surface area contributed by atoms with Crippen LogP contribution in [-0.4, -0.2) is 113 Å². The Balaban J connectivity index is 3.96. The zero-order chi connectivity index (χ0) is 55.5. The molecule has 0 bridgehead atoms. The molecule has 0 unspecified atom stereocenters. The maximum atomic E-state index is 14.3. The van der Waals surface area contributed by atoms with Crippen molar-refractivity contribution < 1.29 is 57.8 Å². The van der Waals surface area contributed by atoms with Gasteiger partial charge in [0.05, 0.1) is 12.8 Å². The van der Waals surface area contributed by atoms with Crippen molar-refractivity contribution in [2.45, 2.75) is 241 Å². The molecule has 1 heterocycles.